The summed E-state index contributed by atoms with van der Waals surface area (Å²) < 4.78 is 2.17. The number of hydrogen-bond donors (Lipinski definition) is 1. The molecule has 2 aromatic rings. The molecule has 0 aromatic carbocycles. The number of anilines is 1. The Hall–Kier alpha value is -1.58. The molecule has 2 N–H and O–H groups in total. The Labute approximate surface area is 114 Å². The topological polar surface area (TPSA) is 56.7 Å². The Morgan fingerprint density at radius 3 is 2.84 bits per heavy atom. The van der Waals surface area contributed by atoms with Crippen molar-refractivity contribution in [1.29, 1.82) is 0 Å². The van der Waals surface area contributed by atoms with Crippen molar-refractivity contribution in [2.45, 2.75) is 46.1 Å². The lowest BCUT2D eigenvalue weighted by atomic mass is 9.80. The first-order chi connectivity index (χ1) is 9.08. The van der Waals surface area contributed by atoms with Gasteiger partial charge in [-0.2, -0.15) is 0 Å². The Bertz CT molecular complexity index is 601. The minimum atomic E-state index is 0.440. The van der Waals surface area contributed by atoms with Crippen molar-refractivity contribution >= 4 is 17.1 Å². The third kappa shape index (κ3) is 1.99. The number of nitrogens with two attached hydrogens (primary N) is 1. The van der Waals surface area contributed by atoms with E-state index < -0.39 is 0 Å². The van der Waals surface area contributed by atoms with Crippen LogP contribution in [0.25, 0.3) is 11.2 Å². The molecule has 102 valence electrons. The minimum absolute atomic E-state index is 0.440. The number of aromatic nitrogens is 3. The van der Waals surface area contributed by atoms with E-state index in [9.17, 15) is 0 Å². The molecule has 0 saturated heterocycles. The van der Waals surface area contributed by atoms with Gasteiger partial charge >= 0.3 is 0 Å². The maximum Gasteiger partial charge on any atom is 0.202 e. The zero-order valence-electron chi connectivity index (χ0n) is 11.9. The third-order valence-corrected chi connectivity index (χ3v) is 4.53. The van der Waals surface area contributed by atoms with Crippen LogP contribution in [0.4, 0.5) is 5.95 Å². The molecule has 4 nitrogen and oxygen atoms in total. The van der Waals surface area contributed by atoms with Crippen LogP contribution in [0.5, 0.6) is 0 Å². The molecule has 0 bridgehead atoms. The van der Waals surface area contributed by atoms with Crippen LogP contribution in [0.15, 0.2) is 12.3 Å². The van der Waals surface area contributed by atoms with E-state index in [1.807, 2.05) is 12.3 Å². The quantitative estimate of drug-likeness (QED) is 0.853. The van der Waals surface area contributed by atoms with Crippen LogP contribution >= 0.6 is 0 Å². The van der Waals surface area contributed by atoms with Crippen molar-refractivity contribution < 1.29 is 0 Å². The molecule has 1 aliphatic carbocycles. The molecule has 0 amide bonds. The Balaban J connectivity index is 2.10. The lowest BCUT2D eigenvalue weighted by Gasteiger charge is -2.34. The first-order valence-electron chi connectivity index (χ1n) is 7.17. The molecule has 3 unspecified atom stereocenters. The van der Waals surface area contributed by atoms with Gasteiger partial charge in [-0.25, -0.2) is 9.97 Å². The zero-order chi connectivity index (χ0) is 13.6. The highest BCUT2D eigenvalue weighted by Crippen LogP contribution is 2.39. The smallest absolute Gasteiger partial charge is 0.202 e. The number of nitrogen functional groups attached to an aromatic ring is 1. The molecule has 3 rings (SSSR count). The predicted molar refractivity (Wildman–Crippen MR) is 77.9 cm³/mol. The number of rotatable bonds is 1. The lowest BCUT2D eigenvalue weighted by Crippen LogP contribution is -2.25. The molecule has 0 radical (unpaired) electrons. The molecule has 0 aliphatic heterocycles. The van der Waals surface area contributed by atoms with E-state index in [0.717, 1.165) is 22.6 Å². The van der Waals surface area contributed by atoms with E-state index in [4.69, 9.17) is 5.73 Å². The number of aryl methyl sites for hydroxylation is 1. The molecule has 2 aromatic heterocycles. The highest BCUT2D eigenvalue weighted by molar-refractivity contribution is 5.77. The maximum atomic E-state index is 6.16. The first kappa shape index (κ1) is 12.5. The van der Waals surface area contributed by atoms with Crippen molar-refractivity contribution in [1.82, 2.24) is 14.5 Å². The summed E-state index contributed by atoms with van der Waals surface area (Å²) in [5, 5.41) is 0. The SMILES string of the molecule is Cc1ccnc2c1nc(N)n2C1CCC(C)CC1C. The van der Waals surface area contributed by atoms with E-state index in [1.165, 1.54) is 19.3 Å². The lowest BCUT2D eigenvalue weighted by molar-refractivity contribution is 0.212. The number of pyridine rings is 1. The van der Waals surface area contributed by atoms with Crippen LogP contribution < -0.4 is 5.73 Å². The Morgan fingerprint density at radius 1 is 1.32 bits per heavy atom. The fourth-order valence-electron chi connectivity index (χ4n) is 3.49. The van der Waals surface area contributed by atoms with E-state index in [2.05, 4.69) is 35.3 Å². The molecule has 2 heterocycles. The second-order valence-corrected chi connectivity index (χ2v) is 6.10. The van der Waals surface area contributed by atoms with Crippen LogP contribution in [0.1, 0.15) is 44.7 Å². The van der Waals surface area contributed by atoms with Gasteiger partial charge in [-0.05, 0) is 49.7 Å². The van der Waals surface area contributed by atoms with Gasteiger partial charge in [-0.1, -0.05) is 13.8 Å². The van der Waals surface area contributed by atoms with Crippen molar-refractivity contribution in [2.75, 3.05) is 5.73 Å². The summed E-state index contributed by atoms with van der Waals surface area (Å²) in [5.74, 6) is 2.06. The van der Waals surface area contributed by atoms with Gasteiger partial charge < -0.3 is 5.73 Å². The number of hydrogen-bond acceptors (Lipinski definition) is 3. The summed E-state index contributed by atoms with van der Waals surface area (Å²) in [5.41, 5.74) is 9.21. The number of imidazole rings is 1. The normalized spacial score (nSPS) is 27.8. The van der Waals surface area contributed by atoms with Crippen LogP contribution in [-0.2, 0) is 0 Å². The van der Waals surface area contributed by atoms with Crippen molar-refractivity contribution in [3.05, 3.63) is 17.8 Å². The van der Waals surface area contributed by atoms with Crippen molar-refractivity contribution in [2.24, 2.45) is 11.8 Å². The molecule has 1 saturated carbocycles. The molecule has 0 spiro atoms. The minimum Gasteiger partial charge on any atom is -0.369 e. The van der Waals surface area contributed by atoms with Gasteiger partial charge in [-0.15, -0.1) is 0 Å². The van der Waals surface area contributed by atoms with E-state index >= 15 is 0 Å². The van der Waals surface area contributed by atoms with Crippen molar-refractivity contribution in [3.63, 3.8) is 0 Å². The zero-order valence-corrected chi connectivity index (χ0v) is 11.9. The Kier molecular flexibility index (Phi) is 2.96. The summed E-state index contributed by atoms with van der Waals surface area (Å²) in [6.45, 7) is 6.72. The second-order valence-electron chi connectivity index (χ2n) is 6.10. The summed E-state index contributed by atoms with van der Waals surface area (Å²) in [6, 6.07) is 2.43. The average molecular weight is 258 g/mol. The van der Waals surface area contributed by atoms with E-state index in [0.29, 0.717) is 17.9 Å². The van der Waals surface area contributed by atoms with E-state index in [1.54, 1.807) is 0 Å². The fourth-order valence-corrected chi connectivity index (χ4v) is 3.49. The fraction of sp³-hybridized carbons (Fsp3) is 0.600. The van der Waals surface area contributed by atoms with Gasteiger partial charge in [0.25, 0.3) is 0 Å². The standard InChI is InChI=1S/C15H22N4/c1-9-4-5-12(11(3)8-9)19-14-13(18-15(19)16)10(2)6-7-17-14/h6-7,9,11-12H,4-5,8H2,1-3H3,(H2,16,18). The van der Waals surface area contributed by atoms with Gasteiger partial charge in [0, 0.05) is 12.2 Å². The first-order valence-corrected chi connectivity index (χ1v) is 7.17. The highest BCUT2D eigenvalue weighted by Gasteiger charge is 2.29. The van der Waals surface area contributed by atoms with Crippen LogP contribution in [-0.4, -0.2) is 14.5 Å². The molecule has 1 fully saturated rings. The molecule has 4 heteroatoms. The highest BCUT2D eigenvalue weighted by atomic mass is 15.2. The van der Waals surface area contributed by atoms with E-state index in [-0.39, 0.29) is 0 Å². The van der Waals surface area contributed by atoms with Crippen LogP contribution in [0.2, 0.25) is 0 Å². The number of nitrogens with zero attached hydrogens (tertiary/aromatic N) is 3. The molecular formula is C15H22N4. The Morgan fingerprint density at radius 2 is 2.11 bits per heavy atom. The van der Waals surface area contributed by atoms with Gasteiger partial charge in [0.2, 0.25) is 5.95 Å². The van der Waals surface area contributed by atoms with Gasteiger partial charge in [0.1, 0.15) is 5.52 Å². The summed E-state index contributed by atoms with van der Waals surface area (Å²) in [6.07, 6.45) is 5.55. The average Bonchev–Trinajstić information content (AvgIpc) is 2.68. The van der Waals surface area contributed by atoms with Gasteiger partial charge in [-0.3, -0.25) is 4.57 Å². The molecule has 19 heavy (non-hydrogen) atoms. The van der Waals surface area contributed by atoms with Crippen LogP contribution in [0, 0.1) is 18.8 Å². The molecular weight excluding hydrogens is 236 g/mol. The largest absolute Gasteiger partial charge is 0.369 e. The summed E-state index contributed by atoms with van der Waals surface area (Å²) >= 11 is 0. The predicted octanol–water partition coefficient (Wildman–Crippen LogP) is 3.32. The molecule has 3 atom stereocenters. The second kappa shape index (κ2) is 4.51. The summed E-state index contributed by atoms with van der Waals surface area (Å²) in [7, 11) is 0. The van der Waals surface area contributed by atoms with Gasteiger partial charge in [0.15, 0.2) is 5.65 Å². The van der Waals surface area contributed by atoms with Gasteiger partial charge in [0.05, 0.1) is 0 Å². The maximum absolute atomic E-state index is 6.16. The summed E-state index contributed by atoms with van der Waals surface area (Å²) in [4.78, 5) is 9.03. The van der Waals surface area contributed by atoms with Crippen molar-refractivity contribution in [3.8, 4) is 0 Å². The molecule has 1 aliphatic rings. The third-order valence-electron chi connectivity index (χ3n) is 4.53. The van der Waals surface area contributed by atoms with Crippen LogP contribution in [0.3, 0.4) is 0 Å². The monoisotopic (exact) mass is 258 g/mol. The number of fused-ring (bicyclic) bond motifs is 1.